The fourth-order valence-electron chi connectivity index (χ4n) is 16.4. The molecule has 137 heavy (non-hydrogen) atoms. The van der Waals surface area contributed by atoms with Crippen molar-refractivity contribution < 1.29 is 102 Å². The van der Waals surface area contributed by atoms with Gasteiger partial charge >= 0.3 is 0 Å². The standard InChI is InChI=1S/C92H126N22O21S2/c1-9-10-24-71-91(134)112(8)73(45-135-57-19-15-18-50(4)34-57)86(129)102-61(23-16-31-98-92(96)97)80(123)109-69(79(122)100-42-76(95)119)47-136-48-77(120)101-64(35-52-27-29-55(116)30-28-52)87(130)110(6)51(5)78(121)104-66(39-75(94)118)89(132)113-32-17-25-70(113)84(127)107-67(40-93)82(125)105-63(33-49(2)3)90(133)114-43-56(117)38-72(114)85(128)103-62(36-53-41-99-60-22-13-11-20-58(53)60)81(124)108-68(44-115)83(126)106-65(88(131)111(71)7)37-54-46-137-74-26-14-12-21-59(54)74/h11-15,18-22,26-30,34,41,46,49,51,56,61-73,99,115-117H,9-10,16-17,23-25,31-33,35-40,42-45,47-48,93H2,1-8H3,(H2,94,118)(H2,95,119)(H,100,122)(H,101,120)(H,102,129)(H,103,128)(H,104,121)(H,105,125)(H,106,126)(H,107,127)(H,108,124)(H,109,123)(H4,96,97,98)/t51-,56+,61-,62?,63-,64-,65-,66-,67-,68-,69-,70-,71-,72-,73-/m0/s1. The van der Waals surface area contributed by atoms with Crippen molar-refractivity contribution in [2.45, 2.75) is 209 Å². The van der Waals surface area contributed by atoms with Crippen molar-refractivity contribution in [1.29, 1.82) is 5.41 Å². The summed E-state index contributed by atoms with van der Waals surface area (Å²) in [5.74, 6) is -18.5. The second kappa shape index (κ2) is 50.9. The number of amides is 17. The van der Waals surface area contributed by atoms with Crippen molar-refractivity contribution in [3.63, 3.8) is 0 Å². The molecule has 3 aliphatic rings. The predicted molar refractivity (Wildman–Crippen MR) is 507 cm³/mol. The number of aliphatic hydroxyl groups is 2. The highest BCUT2D eigenvalue weighted by atomic mass is 32.2. The van der Waals surface area contributed by atoms with Gasteiger partial charge in [0.2, 0.25) is 100 Å². The van der Waals surface area contributed by atoms with E-state index in [4.69, 9.17) is 33.1 Å². The van der Waals surface area contributed by atoms with E-state index in [1.54, 1.807) is 99.1 Å². The maximum Gasteiger partial charge on any atom is 0.246 e. The Kier molecular flexibility index (Phi) is 39.8. The van der Waals surface area contributed by atoms with Gasteiger partial charge in [0.05, 0.1) is 31.4 Å². The molecular formula is C92H126N22O21S2. The van der Waals surface area contributed by atoms with Gasteiger partial charge in [-0.2, -0.15) is 0 Å². The van der Waals surface area contributed by atoms with Crippen LogP contribution in [0.2, 0.25) is 0 Å². The van der Waals surface area contributed by atoms with Crippen LogP contribution in [0.1, 0.15) is 114 Å². The zero-order valence-corrected chi connectivity index (χ0v) is 79.4. The van der Waals surface area contributed by atoms with E-state index in [0.29, 0.717) is 39.4 Å². The summed E-state index contributed by atoms with van der Waals surface area (Å²) in [4.78, 5) is 258. The number of nitrogens with two attached hydrogens (primary N) is 4. The molecule has 0 saturated carbocycles. The zero-order valence-electron chi connectivity index (χ0n) is 77.7. The summed E-state index contributed by atoms with van der Waals surface area (Å²) in [5, 5.41) is 72.5. The highest BCUT2D eigenvalue weighted by molar-refractivity contribution is 8.00. The van der Waals surface area contributed by atoms with E-state index in [0.717, 1.165) is 46.5 Å². The number of ether oxygens (including phenoxy) is 1. The number of carbonyl (C=O) groups excluding carboxylic acids is 17. The molecule has 6 aromatic rings. The summed E-state index contributed by atoms with van der Waals surface area (Å²) < 4.78 is 7.07. The third-order valence-corrected chi connectivity index (χ3v) is 26.1. The molecule has 45 heteroatoms. The second-order valence-electron chi connectivity index (χ2n) is 34.8. The van der Waals surface area contributed by atoms with E-state index in [1.807, 2.05) is 13.0 Å². The average molecular weight is 1940 g/mol. The van der Waals surface area contributed by atoms with Gasteiger partial charge in [0.15, 0.2) is 5.96 Å². The monoisotopic (exact) mass is 1940 g/mol. The number of aromatic hydroxyl groups is 1. The molecule has 24 N–H and O–H groups in total. The first-order chi connectivity index (χ1) is 65.2. The Labute approximate surface area is 799 Å². The summed E-state index contributed by atoms with van der Waals surface area (Å²) in [6.07, 6.45) is -1.44. The van der Waals surface area contributed by atoms with E-state index in [1.165, 1.54) is 63.7 Å². The number of aryl methyl sites for hydroxylation is 1. The SMILES string of the molecule is CCCC[C@H]1C(=O)N(C)[C@@H](COc2cccc(C)c2)C(=O)N[C@@H](CCCNC(=N)N)C(=O)N[C@H](C(=O)NCC(N)=O)CSCC(=O)N[C@@H](Cc2ccc(O)cc2)C(=O)N(C)[C@@H](C)C(=O)N[C@@H](CC(N)=O)C(=O)N2CCC[C@H]2C(=O)N[C@@H](CN)C(=O)N[C@@H](CC(C)C)C(=O)N2C[C@H](O)C[C@H]2C(=O)NC(Cc2c[nH]c3ccccc23)C(=O)N[C@@H](CO)C(=O)N[C@@H](Cc2csc3ccccc23)C(=O)N1C. The largest absolute Gasteiger partial charge is 0.508 e. The summed E-state index contributed by atoms with van der Waals surface area (Å²) in [6, 6.07) is 3.86. The van der Waals surface area contributed by atoms with Crippen LogP contribution in [0, 0.1) is 18.3 Å². The first-order valence-electron chi connectivity index (χ1n) is 45.3. The van der Waals surface area contributed by atoms with E-state index >= 15 is 38.4 Å². The summed E-state index contributed by atoms with van der Waals surface area (Å²) in [5.41, 5.74) is 25.8. The Hall–Kier alpha value is -13.5. The van der Waals surface area contributed by atoms with Crippen LogP contribution in [-0.4, -0.2) is 320 Å². The van der Waals surface area contributed by atoms with Gasteiger partial charge in [-0.05, 0) is 128 Å². The number of fused-ring (bicyclic) bond motifs is 4. The normalized spacial score (nSPS) is 24.5. The third kappa shape index (κ3) is 30.0. The van der Waals surface area contributed by atoms with Crippen LogP contribution in [0.25, 0.3) is 21.0 Å². The van der Waals surface area contributed by atoms with Gasteiger partial charge in [-0.15, -0.1) is 23.1 Å². The second-order valence-corrected chi connectivity index (χ2v) is 36.8. The Bertz CT molecular complexity index is 5350. The number of nitrogens with one attached hydrogen (secondary N) is 13. The maximum atomic E-state index is 15.9. The number of hydrogen-bond donors (Lipinski definition) is 20. The van der Waals surface area contributed by atoms with Gasteiger partial charge in [0.25, 0.3) is 0 Å². The molecule has 15 atom stereocenters. The molecule has 0 bridgehead atoms. The number of primary amides is 2. The number of benzene rings is 4. The fraction of sp³-hybridized carbons (Fsp3) is 0.500. The minimum atomic E-state index is -1.91. The molecule has 0 radical (unpaired) electrons. The molecule has 43 nitrogen and oxygen atoms in total. The zero-order chi connectivity index (χ0) is 100. The summed E-state index contributed by atoms with van der Waals surface area (Å²) in [7, 11) is 3.79. The molecule has 3 fully saturated rings. The predicted octanol–water partition coefficient (Wildman–Crippen LogP) is -3.01. The van der Waals surface area contributed by atoms with E-state index in [2.05, 4.69) is 63.5 Å². The fourth-order valence-corrected chi connectivity index (χ4v) is 18.3. The number of para-hydroxylation sites is 1. The number of carbonyl (C=O) groups is 17. The number of nitrogens with zero attached hydrogens (tertiary/aromatic N) is 5. The molecule has 9 rings (SSSR count). The highest BCUT2D eigenvalue weighted by Crippen LogP contribution is 2.30. The molecule has 0 aliphatic carbocycles. The summed E-state index contributed by atoms with van der Waals surface area (Å²) in [6.45, 7) is 4.59. The van der Waals surface area contributed by atoms with Gasteiger partial charge < -0.3 is 131 Å². The number of aliphatic hydroxyl groups excluding tert-OH is 2. The Morgan fingerprint density at radius 2 is 1.20 bits per heavy atom. The number of phenolic OH excluding ortho intramolecular Hbond substituents is 1. The minimum absolute atomic E-state index is 0.0144. The van der Waals surface area contributed by atoms with Crippen LogP contribution in [-0.2, 0) is 101 Å². The number of unbranched alkanes of at least 4 members (excludes halogenated alkanes) is 1. The van der Waals surface area contributed by atoms with Crippen molar-refractivity contribution >= 4 is 150 Å². The number of aromatic nitrogens is 1. The van der Waals surface area contributed by atoms with Crippen molar-refractivity contribution in [3.05, 3.63) is 131 Å². The van der Waals surface area contributed by atoms with Crippen LogP contribution in [0.15, 0.2) is 109 Å². The lowest BCUT2D eigenvalue weighted by Gasteiger charge is -2.36. The lowest BCUT2D eigenvalue weighted by Crippen LogP contribution is -2.62. The molecule has 3 saturated heterocycles. The molecule has 3 aliphatic heterocycles. The number of guanidine groups is 1. The highest BCUT2D eigenvalue weighted by Gasteiger charge is 2.47. The molecule has 5 heterocycles. The van der Waals surface area contributed by atoms with E-state index < -0.39 is 254 Å². The van der Waals surface area contributed by atoms with Crippen molar-refractivity contribution in [3.8, 4) is 11.5 Å². The van der Waals surface area contributed by atoms with Crippen LogP contribution < -0.4 is 86.2 Å². The van der Waals surface area contributed by atoms with Gasteiger partial charge in [-0.3, -0.25) is 86.9 Å². The van der Waals surface area contributed by atoms with Crippen molar-refractivity contribution in [1.82, 2.24) is 88.0 Å². The van der Waals surface area contributed by atoms with Crippen LogP contribution in [0.3, 0.4) is 0 Å². The number of phenols is 1. The number of aromatic amines is 1. The number of thioether (sulfide) groups is 1. The van der Waals surface area contributed by atoms with E-state index in [-0.39, 0.29) is 94.7 Å². The lowest BCUT2D eigenvalue weighted by atomic mass is 10.0. The van der Waals surface area contributed by atoms with Gasteiger partial charge in [-0.1, -0.05) is 94.3 Å². The number of thiophene rings is 1. The molecule has 2 aromatic heterocycles. The number of rotatable bonds is 25. The molecule has 0 spiro atoms. The molecule has 17 amide bonds. The van der Waals surface area contributed by atoms with Gasteiger partial charge in [0, 0.05) is 101 Å². The first kappa shape index (κ1) is 107. The van der Waals surface area contributed by atoms with Gasteiger partial charge in [0.1, 0.15) is 103 Å². The van der Waals surface area contributed by atoms with Crippen molar-refractivity contribution in [2.24, 2.45) is 28.9 Å². The maximum absolute atomic E-state index is 15.9. The number of H-pyrrole nitrogens is 1. The molecular weight excluding hydrogens is 1810 g/mol. The van der Waals surface area contributed by atoms with Crippen LogP contribution in [0.4, 0.5) is 0 Å². The topological polar surface area (TPSA) is 652 Å². The number of hydrogen-bond acceptors (Lipinski definition) is 25. The molecule has 742 valence electrons. The van der Waals surface area contributed by atoms with Crippen molar-refractivity contribution in [2.75, 3.05) is 78.6 Å². The smallest absolute Gasteiger partial charge is 0.246 e. The third-order valence-electron chi connectivity index (χ3n) is 24.0. The van der Waals surface area contributed by atoms with Crippen LogP contribution >= 0.6 is 23.1 Å². The van der Waals surface area contributed by atoms with E-state index in [9.17, 15) is 58.5 Å². The molecule has 4 aromatic carbocycles. The Balaban J connectivity index is 1.11. The Morgan fingerprint density at radius 1 is 0.599 bits per heavy atom. The molecule has 1 unspecified atom stereocenters. The minimum Gasteiger partial charge on any atom is -0.508 e. The lowest BCUT2D eigenvalue weighted by molar-refractivity contribution is -0.150. The number of likely N-dealkylation sites (N-methyl/N-ethyl adjacent to an activating group) is 3. The first-order valence-corrected chi connectivity index (χ1v) is 47.3. The summed E-state index contributed by atoms with van der Waals surface area (Å²) >= 11 is 2.07. The van der Waals surface area contributed by atoms with Gasteiger partial charge in [-0.25, -0.2) is 0 Å². The Morgan fingerprint density at radius 3 is 1.88 bits per heavy atom. The average Bonchev–Trinajstić information content (AvgIpc) is 1.80. The quantitative estimate of drug-likeness (QED) is 0.0154. The van der Waals surface area contributed by atoms with Crippen LogP contribution in [0.5, 0.6) is 11.5 Å².